The molecule has 2 aromatic carbocycles. The summed E-state index contributed by atoms with van der Waals surface area (Å²) in [6.45, 7) is 0.325. The number of hydrogen-bond acceptors (Lipinski definition) is 4. The van der Waals surface area contributed by atoms with Crippen molar-refractivity contribution in [3.8, 4) is 11.4 Å². The molecule has 0 saturated carbocycles. The van der Waals surface area contributed by atoms with Crippen LogP contribution in [-0.4, -0.2) is 29.0 Å². The fraction of sp³-hybridized carbons (Fsp3) is 0.320. The number of hydrogen-bond donors (Lipinski definition) is 2. The number of anilines is 1. The number of amides is 1. The first-order chi connectivity index (χ1) is 18.3. The monoisotopic (exact) mass is 576 g/mol. The van der Waals surface area contributed by atoms with Crippen molar-refractivity contribution in [1.82, 2.24) is 15.3 Å². The highest BCUT2D eigenvalue weighted by molar-refractivity contribution is 6.30. The highest BCUT2D eigenvalue weighted by Gasteiger charge is 2.37. The Bertz CT molecular complexity index is 1440. The number of aromatic amines is 1. The summed E-state index contributed by atoms with van der Waals surface area (Å²) < 4.78 is 96.2. The minimum Gasteiger partial charge on any atom is -0.371 e. The molecule has 1 amide bonds. The van der Waals surface area contributed by atoms with Gasteiger partial charge in [-0.05, 0) is 37.1 Å². The molecule has 0 spiro atoms. The molecule has 1 saturated heterocycles. The number of piperidine rings is 1. The van der Waals surface area contributed by atoms with E-state index in [9.17, 15) is 35.9 Å². The standard InChI is InChI=1S/C25H20ClF7N4O2/c26-16-4-2-14(9-17(16)27)37-7-5-12(6-8-37)24(39)34-11-13-1-3-15(25(31,32)33)20(21(13)28)23-35-18(22(29)30)10-19(38)36-23/h1-4,9-10,12,22H,5-8,11H2,(H,34,39)(H,35,36,38). The molecule has 1 fully saturated rings. The average molecular weight is 577 g/mol. The second kappa shape index (κ2) is 11.2. The molecule has 39 heavy (non-hydrogen) atoms. The van der Waals surface area contributed by atoms with Crippen LogP contribution in [-0.2, 0) is 17.5 Å². The largest absolute Gasteiger partial charge is 0.417 e. The van der Waals surface area contributed by atoms with Crippen molar-refractivity contribution in [1.29, 1.82) is 0 Å². The van der Waals surface area contributed by atoms with Gasteiger partial charge in [0, 0.05) is 42.9 Å². The van der Waals surface area contributed by atoms with Crippen LogP contribution in [0.3, 0.4) is 0 Å². The fourth-order valence-electron chi connectivity index (χ4n) is 4.34. The van der Waals surface area contributed by atoms with Gasteiger partial charge in [0.05, 0.1) is 16.1 Å². The van der Waals surface area contributed by atoms with Crippen molar-refractivity contribution in [3.63, 3.8) is 0 Å². The molecule has 3 aromatic rings. The first-order valence-corrected chi connectivity index (χ1v) is 12.0. The molecule has 14 heteroatoms. The smallest absolute Gasteiger partial charge is 0.371 e. The first-order valence-electron chi connectivity index (χ1n) is 11.6. The van der Waals surface area contributed by atoms with E-state index in [0.29, 0.717) is 43.8 Å². The molecule has 0 atom stereocenters. The van der Waals surface area contributed by atoms with E-state index in [2.05, 4.69) is 10.3 Å². The molecule has 2 N–H and O–H groups in total. The maximum atomic E-state index is 15.4. The maximum Gasteiger partial charge on any atom is 0.417 e. The molecule has 4 rings (SSSR count). The summed E-state index contributed by atoms with van der Waals surface area (Å²) in [5, 5.41) is 2.47. The van der Waals surface area contributed by atoms with Crippen LogP contribution in [0.5, 0.6) is 0 Å². The summed E-state index contributed by atoms with van der Waals surface area (Å²) in [5.41, 5.74) is -4.82. The van der Waals surface area contributed by atoms with Crippen molar-refractivity contribution in [2.45, 2.75) is 32.0 Å². The lowest BCUT2D eigenvalue weighted by Gasteiger charge is -2.33. The van der Waals surface area contributed by atoms with Crippen LogP contribution >= 0.6 is 11.6 Å². The Balaban J connectivity index is 1.51. The van der Waals surface area contributed by atoms with Gasteiger partial charge in [0.1, 0.15) is 23.2 Å². The van der Waals surface area contributed by atoms with Crippen LogP contribution in [0.15, 0.2) is 41.2 Å². The number of halogens is 8. The summed E-state index contributed by atoms with van der Waals surface area (Å²) in [4.78, 5) is 31.5. The number of H-pyrrole nitrogens is 1. The summed E-state index contributed by atoms with van der Waals surface area (Å²) >= 11 is 5.70. The third-order valence-corrected chi connectivity index (χ3v) is 6.64. The van der Waals surface area contributed by atoms with Crippen LogP contribution < -0.4 is 15.8 Å². The van der Waals surface area contributed by atoms with Gasteiger partial charge < -0.3 is 15.2 Å². The lowest BCUT2D eigenvalue weighted by Crippen LogP contribution is -2.40. The summed E-state index contributed by atoms with van der Waals surface area (Å²) in [6, 6.07) is 6.10. The highest BCUT2D eigenvalue weighted by Crippen LogP contribution is 2.38. The zero-order chi connectivity index (χ0) is 28.5. The SMILES string of the molecule is O=C(NCc1ccc(C(F)(F)F)c(-c2nc(C(F)F)cc(=O)[nH]2)c1F)C1CCN(c2ccc(Cl)c(F)c2)CC1. The Hall–Kier alpha value is -3.61. The van der Waals surface area contributed by atoms with Crippen LogP contribution in [0.2, 0.25) is 5.02 Å². The number of nitrogens with zero attached hydrogens (tertiary/aromatic N) is 2. The van der Waals surface area contributed by atoms with Crippen LogP contribution in [0.25, 0.3) is 11.4 Å². The normalized spacial score (nSPS) is 14.6. The van der Waals surface area contributed by atoms with E-state index in [-0.39, 0.29) is 10.6 Å². The molecule has 1 aliphatic rings. The Morgan fingerprint density at radius 2 is 1.82 bits per heavy atom. The molecule has 1 aromatic heterocycles. The molecule has 1 aliphatic heterocycles. The van der Waals surface area contributed by atoms with Gasteiger partial charge in [0.15, 0.2) is 0 Å². The number of alkyl halides is 5. The van der Waals surface area contributed by atoms with Gasteiger partial charge in [-0.2, -0.15) is 13.2 Å². The van der Waals surface area contributed by atoms with E-state index in [4.69, 9.17) is 11.6 Å². The molecule has 0 aliphatic carbocycles. The minimum atomic E-state index is -5.10. The Morgan fingerprint density at radius 3 is 2.44 bits per heavy atom. The van der Waals surface area contributed by atoms with Gasteiger partial charge >= 0.3 is 6.18 Å². The van der Waals surface area contributed by atoms with Gasteiger partial charge in [-0.15, -0.1) is 0 Å². The van der Waals surface area contributed by atoms with E-state index in [1.54, 1.807) is 6.07 Å². The zero-order valence-corrected chi connectivity index (χ0v) is 20.6. The Labute approximate surface area is 221 Å². The Morgan fingerprint density at radius 1 is 1.13 bits per heavy atom. The van der Waals surface area contributed by atoms with Gasteiger partial charge in [-0.3, -0.25) is 9.59 Å². The van der Waals surface area contributed by atoms with E-state index >= 15 is 4.39 Å². The molecule has 0 unspecified atom stereocenters. The van der Waals surface area contributed by atoms with Crippen LogP contribution in [0, 0.1) is 17.6 Å². The molecular formula is C25H20ClF7N4O2. The topological polar surface area (TPSA) is 78.1 Å². The number of carbonyl (C=O) groups is 1. The van der Waals surface area contributed by atoms with Crippen molar-refractivity contribution < 1.29 is 35.5 Å². The molecule has 0 bridgehead atoms. The van der Waals surface area contributed by atoms with E-state index in [1.807, 2.05) is 9.88 Å². The summed E-state index contributed by atoms with van der Waals surface area (Å²) in [5.74, 6) is -4.02. The molecule has 2 heterocycles. The number of carbonyl (C=O) groups excluding carboxylic acids is 1. The van der Waals surface area contributed by atoms with Crippen LogP contribution in [0.4, 0.5) is 36.4 Å². The van der Waals surface area contributed by atoms with Crippen LogP contribution in [0.1, 0.15) is 36.1 Å². The third kappa shape index (κ3) is 6.35. The van der Waals surface area contributed by atoms with Gasteiger partial charge in [0.25, 0.3) is 12.0 Å². The molecule has 208 valence electrons. The van der Waals surface area contributed by atoms with Crippen molar-refractivity contribution in [2.75, 3.05) is 18.0 Å². The quantitative estimate of drug-likeness (QED) is 0.361. The second-order valence-electron chi connectivity index (χ2n) is 8.86. The predicted molar refractivity (Wildman–Crippen MR) is 128 cm³/mol. The summed E-state index contributed by atoms with van der Waals surface area (Å²) in [6.07, 6.45) is -7.63. The second-order valence-corrected chi connectivity index (χ2v) is 9.26. The third-order valence-electron chi connectivity index (χ3n) is 6.34. The predicted octanol–water partition coefficient (Wildman–Crippen LogP) is 5.86. The maximum absolute atomic E-state index is 15.4. The zero-order valence-electron chi connectivity index (χ0n) is 19.9. The number of aromatic nitrogens is 2. The number of nitrogens with one attached hydrogen (secondary N) is 2. The number of benzene rings is 2. The van der Waals surface area contributed by atoms with Gasteiger partial charge in [-0.25, -0.2) is 22.5 Å². The minimum absolute atomic E-state index is 0.0180. The van der Waals surface area contributed by atoms with Gasteiger partial charge in [-0.1, -0.05) is 17.7 Å². The Kier molecular flexibility index (Phi) is 8.19. The average Bonchev–Trinajstić information content (AvgIpc) is 2.88. The molecule has 0 radical (unpaired) electrons. The lowest BCUT2D eigenvalue weighted by molar-refractivity contribution is -0.137. The molecular weight excluding hydrogens is 557 g/mol. The van der Waals surface area contributed by atoms with Crippen molar-refractivity contribution in [3.05, 3.63) is 80.2 Å². The highest BCUT2D eigenvalue weighted by atomic mass is 35.5. The first kappa shape index (κ1) is 28.4. The van der Waals surface area contributed by atoms with E-state index in [0.717, 1.165) is 6.07 Å². The molecule has 6 nitrogen and oxygen atoms in total. The van der Waals surface area contributed by atoms with Crippen molar-refractivity contribution >= 4 is 23.2 Å². The summed E-state index contributed by atoms with van der Waals surface area (Å²) in [7, 11) is 0. The van der Waals surface area contributed by atoms with Gasteiger partial charge in [0.2, 0.25) is 5.91 Å². The van der Waals surface area contributed by atoms with Crippen molar-refractivity contribution in [2.24, 2.45) is 5.92 Å². The number of rotatable bonds is 6. The fourth-order valence-corrected chi connectivity index (χ4v) is 4.46. The van der Waals surface area contributed by atoms with E-state index < -0.39 is 70.8 Å². The van der Waals surface area contributed by atoms with E-state index in [1.165, 1.54) is 12.1 Å². The lowest BCUT2D eigenvalue weighted by atomic mass is 9.95.